The number of amides is 1. The van der Waals surface area contributed by atoms with Gasteiger partial charge < -0.3 is 14.4 Å². The quantitative estimate of drug-likeness (QED) is 0.746. The molecular weight excluding hydrogens is 342 g/mol. The Labute approximate surface area is 159 Å². The van der Waals surface area contributed by atoms with E-state index in [0.717, 1.165) is 11.1 Å². The highest BCUT2D eigenvalue weighted by Gasteiger charge is 2.34. The Hall–Kier alpha value is -2.82. The van der Waals surface area contributed by atoms with Gasteiger partial charge in [0.1, 0.15) is 17.4 Å². The second-order valence-corrected chi connectivity index (χ2v) is 7.21. The first kappa shape index (κ1) is 19.0. The first-order chi connectivity index (χ1) is 12.9. The van der Waals surface area contributed by atoms with Gasteiger partial charge >= 0.3 is 5.97 Å². The topological polar surface area (TPSA) is 55.8 Å². The van der Waals surface area contributed by atoms with Gasteiger partial charge in [-0.15, -0.1) is 0 Å². The molecular formula is C22H25NO4. The maximum atomic E-state index is 12.9. The van der Waals surface area contributed by atoms with Crippen molar-refractivity contribution in [2.45, 2.75) is 45.7 Å². The molecule has 0 saturated heterocycles. The van der Waals surface area contributed by atoms with Gasteiger partial charge in [-0.3, -0.25) is 9.59 Å². The van der Waals surface area contributed by atoms with Gasteiger partial charge in [0.15, 0.2) is 6.61 Å². The van der Waals surface area contributed by atoms with Crippen LogP contribution in [0.3, 0.4) is 0 Å². The van der Waals surface area contributed by atoms with Crippen LogP contribution in [0.5, 0.6) is 11.5 Å². The van der Waals surface area contributed by atoms with Crippen LogP contribution in [-0.2, 0) is 14.3 Å². The van der Waals surface area contributed by atoms with Gasteiger partial charge in [0.05, 0.1) is 0 Å². The molecule has 0 radical (unpaired) electrons. The van der Waals surface area contributed by atoms with Gasteiger partial charge in [-0.1, -0.05) is 36.4 Å². The molecule has 0 aliphatic carbocycles. The summed E-state index contributed by atoms with van der Waals surface area (Å²) in [7, 11) is 0. The van der Waals surface area contributed by atoms with Crippen molar-refractivity contribution in [3.05, 3.63) is 59.7 Å². The number of fused-ring (bicyclic) bond motifs is 2. The SMILES string of the molecule is CC(C)N(C(=O)COC(=O)C1c2ccccc2Oc2ccccc21)C(C)C. The average Bonchev–Trinajstić information content (AvgIpc) is 2.63. The van der Waals surface area contributed by atoms with Gasteiger partial charge in [0.25, 0.3) is 5.91 Å². The van der Waals surface area contributed by atoms with Crippen LogP contribution in [0.2, 0.25) is 0 Å². The molecule has 3 rings (SSSR count). The predicted molar refractivity (Wildman–Crippen MR) is 103 cm³/mol. The lowest BCUT2D eigenvalue weighted by atomic mass is 9.88. The summed E-state index contributed by atoms with van der Waals surface area (Å²) in [6.07, 6.45) is 0. The number of rotatable bonds is 5. The van der Waals surface area contributed by atoms with Crippen LogP contribution in [0.1, 0.15) is 44.7 Å². The van der Waals surface area contributed by atoms with E-state index in [2.05, 4.69) is 0 Å². The number of benzene rings is 2. The molecule has 5 heteroatoms. The molecule has 1 aliphatic rings. The number of hydrogen-bond acceptors (Lipinski definition) is 4. The van der Waals surface area contributed by atoms with Gasteiger partial charge in [-0.2, -0.15) is 0 Å². The van der Waals surface area contributed by atoms with Crippen molar-refractivity contribution in [2.24, 2.45) is 0 Å². The zero-order valence-electron chi connectivity index (χ0n) is 16.1. The Morgan fingerprint density at radius 2 is 1.41 bits per heavy atom. The number of nitrogens with zero attached hydrogens (tertiary/aromatic N) is 1. The van der Waals surface area contributed by atoms with Crippen LogP contribution in [0, 0.1) is 0 Å². The van der Waals surface area contributed by atoms with Crippen molar-refractivity contribution in [2.75, 3.05) is 6.61 Å². The molecule has 0 N–H and O–H groups in total. The maximum Gasteiger partial charge on any atom is 0.318 e. The Bertz CT molecular complexity index is 790. The van der Waals surface area contributed by atoms with E-state index in [1.807, 2.05) is 76.2 Å². The highest BCUT2D eigenvalue weighted by molar-refractivity contribution is 5.88. The Balaban J connectivity index is 1.82. The summed E-state index contributed by atoms with van der Waals surface area (Å²) in [6.45, 7) is 7.53. The van der Waals surface area contributed by atoms with Crippen molar-refractivity contribution < 1.29 is 19.1 Å². The number of carbonyl (C=O) groups excluding carboxylic acids is 2. The van der Waals surface area contributed by atoms with E-state index in [0.29, 0.717) is 11.5 Å². The lowest BCUT2D eigenvalue weighted by Gasteiger charge is -2.31. The summed E-state index contributed by atoms with van der Waals surface area (Å²) < 4.78 is 11.4. The fourth-order valence-corrected chi connectivity index (χ4v) is 3.63. The average molecular weight is 367 g/mol. The van der Waals surface area contributed by atoms with Gasteiger partial charge in [-0.25, -0.2) is 0 Å². The third kappa shape index (κ3) is 3.82. The molecule has 0 bridgehead atoms. The summed E-state index contributed by atoms with van der Waals surface area (Å²) in [5, 5.41) is 0. The van der Waals surface area contributed by atoms with E-state index < -0.39 is 11.9 Å². The zero-order chi connectivity index (χ0) is 19.6. The molecule has 1 heterocycles. The Morgan fingerprint density at radius 1 is 0.926 bits per heavy atom. The molecule has 2 aromatic carbocycles. The molecule has 142 valence electrons. The standard InChI is InChI=1S/C22H25NO4/c1-14(2)23(15(3)4)20(24)13-26-22(25)21-16-9-5-7-11-18(16)27-19-12-8-6-10-17(19)21/h5-12,14-15,21H,13H2,1-4H3. The smallest absolute Gasteiger partial charge is 0.318 e. The first-order valence-electron chi connectivity index (χ1n) is 9.23. The lowest BCUT2D eigenvalue weighted by Crippen LogP contribution is -2.44. The van der Waals surface area contributed by atoms with Crippen molar-refractivity contribution in [3.63, 3.8) is 0 Å². The number of carbonyl (C=O) groups is 2. The summed E-state index contributed by atoms with van der Waals surface area (Å²) >= 11 is 0. The third-order valence-corrected chi connectivity index (χ3v) is 4.65. The largest absolute Gasteiger partial charge is 0.457 e. The van der Waals surface area contributed by atoms with Gasteiger partial charge in [0, 0.05) is 23.2 Å². The molecule has 1 aliphatic heterocycles. The second kappa shape index (κ2) is 7.82. The number of hydrogen-bond donors (Lipinski definition) is 0. The monoisotopic (exact) mass is 367 g/mol. The molecule has 5 nitrogen and oxygen atoms in total. The first-order valence-corrected chi connectivity index (χ1v) is 9.23. The van der Waals surface area contributed by atoms with Crippen molar-refractivity contribution in [1.82, 2.24) is 4.90 Å². The van der Waals surface area contributed by atoms with E-state index in [4.69, 9.17) is 9.47 Å². The number of para-hydroxylation sites is 2. The molecule has 0 fully saturated rings. The second-order valence-electron chi connectivity index (χ2n) is 7.21. The molecule has 0 aromatic heterocycles. The molecule has 0 unspecified atom stereocenters. The molecule has 27 heavy (non-hydrogen) atoms. The highest BCUT2D eigenvalue weighted by atomic mass is 16.5. The Kier molecular flexibility index (Phi) is 5.49. The molecule has 1 amide bonds. The van der Waals surface area contributed by atoms with Crippen molar-refractivity contribution in [1.29, 1.82) is 0 Å². The summed E-state index contributed by atoms with van der Waals surface area (Å²) in [4.78, 5) is 27.2. The summed E-state index contributed by atoms with van der Waals surface area (Å²) in [6, 6.07) is 14.9. The van der Waals surface area contributed by atoms with Crippen molar-refractivity contribution in [3.8, 4) is 11.5 Å². The fraction of sp³-hybridized carbons (Fsp3) is 0.364. The van der Waals surface area contributed by atoms with Crippen LogP contribution in [0.15, 0.2) is 48.5 Å². The van der Waals surface area contributed by atoms with Crippen LogP contribution in [-0.4, -0.2) is 35.5 Å². The minimum atomic E-state index is -0.606. The Morgan fingerprint density at radius 3 is 1.89 bits per heavy atom. The van der Waals surface area contributed by atoms with E-state index in [1.165, 1.54) is 0 Å². The van der Waals surface area contributed by atoms with Crippen LogP contribution >= 0.6 is 0 Å². The molecule has 0 saturated carbocycles. The van der Waals surface area contributed by atoms with E-state index >= 15 is 0 Å². The molecule has 0 spiro atoms. The van der Waals surface area contributed by atoms with Crippen LogP contribution in [0.25, 0.3) is 0 Å². The van der Waals surface area contributed by atoms with E-state index in [-0.39, 0.29) is 24.6 Å². The van der Waals surface area contributed by atoms with Crippen LogP contribution < -0.4 is 4.74 Å². The fourth-order valence-electron chi connectivity index (χ4n) is 3.63. The maximum absolute atomic E-state index is 12.9. The van der Waals surface area contributed by atoms with E-state index in [1.54, 1.807) is 4.90 Å². The van der Waals surface area contributed by atoms with Gasteiger partial charge in [-0.05, 0) is 39.8 Å². The summed E-state index contributed by atoms with van der Waals surface area (Å²) in [5.41, 5.74) is 1.50. The van der Waals surface area contributed by atoms with Gasteiger partial charge in [0.2, 0.25) is 0 Å². The number of ether oxygens (including phenoxy) is 2. The molecule has 0 atom stereocenters. The van der Waals surface area contributed by atoms with E-state index in [9.17, 15) is 9.59 Å². The normalized spacial score (nSPS) is 13.0. The summed E-state index contributed by atoms with van der Waals surface area (Å²) in [5.74, 6) is 0.0254. The third-order valence-electron chi connectivity index (χ3n) is 4.65. The number of esters is 1. The zero-order valence-corrected chi connectivity index (χ0v) is 16.1. The van der Waals surface area contributed by atoms with Crippen molar-refractivity contribution >= 4 is 11.9 Å². The van der Waals surface area contributed by atoms with Crippen LogP contribution in [0.4, 0.5) is 0 Å². The lowest BCUT2D eigenvalue weighted by molar-refractivity contribution is -0.154. The highest BCUT2D eigenvalue weighted by Crippen LogP contribution is 2.44. The minimum Gasteiger partial charge on any atom is -0.457 e. The minimum absolute atomic E-state index is 0.0423. The predicted octanol–water partition coefficient (Wildman–Crippen LogP) is 4.11. The molecule has 2 aromatic rings.